The fourth-order valence-electron chi connectivity index (χ4n) is 1.80. The minimum Gasteiger partial charge on any atom is -0.465 e. The van der Waals surface area contributed by atoms with Gasteiger partial charge in [0.15, 0.2) is 0 Å². The summed E-state index contributed by atoms with van der Waals surface area (Å²) in [6.45, 7) is 0. The molecule has 1 amide bonds. The van der Waals surface area contributed by atoms with E-state index in [4.69, 9.17) is 5.73 Å². The van der Waals surface area contributed by atoms with E-state index < -0.39 is 5.97 Å². The number of hydrogen-bond donors (Lipinski definition) is 2. The van der Waals surface area contributed by atoms with E-state index >= 15 is 0 Å². The second-order valence-electron chi connectivity index (χ2n) is 4.56. The zero-order chi connectivity index (χ0) is 15.9. The molecule has 0 aliphatic heterocycles. The van der Waals surface area contributed by atoms with Crippen molar-refractivity contribution in [2.75, 3.05) is 18.2 Å². The molecule has 0 aromatic heterocycles. The number of carbonyl (C=O) groups is 2. The maximum Gasteiger partial charge on any atom is 0.337 e. The summed E-state index contributed by atoms with van der Waals surface area (Å²) in [5.41, 5.74) is 8.03. The quantitative estimate of drug-likeness (QED) is 0.516. The van der Waals surface area contributed by atoms with Crippen LogP contribution in [0.1, 0.15) is 15.9 Å². The third-order valence-corrected chi connectivity index (χ3v) is 2.91. The second-order valence-corrected chi connectivity index (χ2v) is 4.56. The first-order valence-electron chi connectivity index (χ1n) is 6.61. The molecule has 0 heterocycles. The summed E-state index contributed by atoms with van der Waals surface area (Å²) in [5, 5.41) is 2.68. The number of methoxy groups -OCH3 is 1. The average molecular weight is 296 g/mol. The van der Waals surface area contributed by atoms with E-state index in [2.05, 4.69) is 10.1 Å². The maximum absolute atomic E-state index is 11.9. The summed E-state index contributed by atoms with van der Waals surface area (Å²) in [5.74, 6) is -0.743. The van der Waals surface area contributed by atoms with Gasteiger partial charge in [-0.15, -0.1) is 0 Å². The van der Waals surface area contributed by atoms with Crippen LogP contribution in [0.2, 0.25) is 0 Å². The minimum atomic E-state index is -0.450. The topological polar surface area (TPSA) is 81.4 Å². The molecule has 0 spiro atoms. The molecule has 2 rings (SSSR count). The molecule has 0 saturated carbocycles. The van der Waals surface area contributed by atoms with Crippen molar-refractivity contribution in [1.29, 1.82) is 0 Å². The summed E-state index contributed by atoms with van der Waals surface area (Å²) >= 11 is 0. The average Bonchev–Trinajstić information content (AvgIpc) is 2.54. The standard InChI is InChI=1S/C17H16N2O3/c1-22-17(21)13-3-2-4-15(11-13)19-16(20)10-7-12-5-8-14(18)9-6-12/h2-11H,18H2,1H3,(H,19,20)/b10-7+. The number of rotatable bonds is 4. The van der Waals surface area contributed by atoms with Crippen molar-refractivity contribution in [3.63, 3.8) is 0 Å². The van der Waals surface area contributed by atoms with Crippen molar-refractivity contribution < 1.29 is 14.3 Å². The van der Waals surface area contributed by atoms with Gasteiger partial charge in [0.05, 0.1) is 12.7 Å². The monoisotopic (exact) mass is 296 g/mol. The van der Waals surface area contributed by atoms with Gasteiger partial charge in [-0.1, -0.05) is 18.2 Å². The van der Waals surface area contributed by atoms with Crippen molar-refractivity contribution in [2.45, 2.75) is 0 Å². The Balaban J connectivity index is 2.02. The molecule has 3 N–H and O–H groups in total. The Morgan fingerprint density at radius 2 is 1.86 bits per heavy atom. The highest BCUT2D eigenvalue weighted by molar-refractivity contribution is 6.02. The second kappa shape index (κ2) is 7.08. The Kier molecular flexibility index (Phi) is 4.93. The van der Waals surface area contributed by atoms with E-state index in [0.717, 1.165) is 5.56 Å². The zero-order valence-corrected chi connectivity index (χ0v) is 12.1. The molecular formula is C17H16N2O3. The molecule has 0 unspecified atom stereocenters. The highest BCUT2D eigenvalue weighted by atomic mass is 16.5. The van der Waals surface area contributed by atoms with Crippen molar-refractivity contribution in [3.8, 4) is 0 Å². The van der Waals surface area contributed by atoms with Crippen LogP contribution in [0.15, 0.2) is 54.6 Å². The largest absolute Gasteiger partial charge is 0.465 e. The molecule has 22 heavy (non-hydrogen) atoms. The summed E-state index contributed by atoms with van der Waals surface area (Å²) in [6.07, 6.45) is 3.09. The van der Waals surface area contributed by atoms with E-state index in [9.17, 15) is 9.59 Å². The van der Waals surface area contributed by atoms with Crippen LogP contribution < -0.4 is 11.1 Å². The fourth-order valence-corrected chi connectivity index (χ4v) is 1.80. The highest BCUT2D eigenvalue weighted by Gasteiger charge is 2.06. The van der Waals surface area contributed by atoms with Crippen LogP contribution in [0, 0.1) is 0 Å². The first kappa shape index (κ1) is 15.3. The summed E-state index contributed by atoms with van der Waals surface area (Å²) in [6, 6.07) is 13.7. The predicted molar refractivity (Wildman–Crippen MR) is 86.3 cm³/mol. The molecule has 5 heteroatoms. The van der Waals surface area contributed by atoms with Crippen LogP contribution >= 0.6 is 0 Å². The van der Waals surface area contributed by atoms with Gasteiger partial charge in [-0.05, 0) is 42.0 Å². The first-order valence-corrected chi connectivity index (χ1v) is 6.61. The molecule has 0 radical (unpaired) electrons. The highest BCUT2D eigenvalue weighted by Crippen LogP contribution is 2.12. The van der Waals surface area contributed by atoms with Gasteiger partial charge < -0.3 is 15.8 Å². The van der Waals surface area contributed by atoms with Crippen molar-refractivity contribution >= 4 is 29.3 Å². The fraction of sp³-hybridized carbons (Fsp3) is 0.0588. The van der Waals surface area contributed by atoms with Gasteiger partial charge >= 0.3 is 5.97 Å². The van der Waals surface area contributed by atoms with Crippen LogP contribution in [0.5, 0.6) is 0 Å². The Hall–Kier alpha value is -3.08. The van der Waals surface area contributed by atoms with Gasteiger partial charge in [-0.25, -0.2) is 4.79 Å². The Morgan fingerprint density at radius 1 is 1.14 bits per heavy atom. The van der Waals surface area contributed by atoms with Crippen LogP contribution in [-0.4, -0.2) is 19.0 Å². The SMILES string of the molecule is COC(=O)c1cccc(NC(=O)/C=C/c2ccc(N)cc2)c1. The van der Waals surface area contributed by atoms with Gasteiger partial charge in [-0.2, -0.15) is 0 Å². The van der Waals surface area contributed by atoms with Gasteiger partial charge in [-0.3, -0.25) is 4.79 Å². The lowest BCUT2D eigenvalue weighted by molar-refractivity contribution is -0.111. The molecule has 0 atom stereocenters. The molecule has 0 aliphatic rings. The van der Waals surface area contributed by atoms with Crippen LogP contribution in [0.4, 0.5) is 11.4 Å². The summed E-state index contributed by atoms with van der Waals surface area (Å²) < 4.78 is 4.64. The van der Waals surface area contributed by atoms with E-state index in [1.165, 1.54) is 13.2 Å². The smallest absolute Gasteiger partial charge is 0.337 e. The predicted octanol–water partition coefficient (Wildman–Crippen LogP) is 2.71. The Labute approximate surface area is 128 Å². The van der Waals surface area contributed by atoms with Gasteiger partial charge in [0.25, 0.3) is 0 Å². The molecule has 0 aliphatic carbocycles. The van der Waals surface area contributed by atoms with Crippen molar-refractivity contribution in [1.82, 2.24) is 0 Å². The van der Waals surface area contributed by atoms with Gasteiger partial charge in [0.1, 0.15) is 0 Å². The van der Waals surface area contributed by atoms with Crippen molar-refractivity contribution in [3.05, 3.63) is 65.7 Å². The molecule has 112 valence electrons. The Bertz CT molecular complexity index is 706. The number of carbonyl (C=O) groups excluding carboxylic acids is 2. The van der Waals surface area contributed by atoms with E-state index in [1.54, 1.807) is 42.5 Å². The number of anilines is 2. The first-order chi connectivity index (χ1) is 10.6. The van der Waals surface area contributed by atoms with E-state index in [1.807, 2.05) is 12.1 Å². The normalized spacial score (nSPS) is 10.4. The lowest BCUT2D eigenvalue weighted by Gasteiger charge is -2.04. The number of nitrogen functional groups attached to an aromatic ring is 1. The summed E-state index contributed by atoms with van der Waals surface area (Å²) in [4.78, 5) is 23.3. The maximum atomic E-state index is 11.9. The van der Waals surface area contributed by atoms with E-state index in [-0.39, 0.29) is 5.91 Å². The zero-order valence-electron chi connectivity index (χ0n) is 12.1. The third-order valence-electron chi connectivity index (χ3n) is 2.91. The van der Waals surface area contributed by atoms with Crippen LogP contribution in [-0.2, 0) is 9.53 Å². The third kappa shape index (κ3) is 4.21. The Morgan fingerprint density at radius 3 is 2.55 bits per heavy atom. The minimum absolute atomic E-state index is 0.293. The van der Waals surface area contributed by atoms with Gasteiger partial charge in [0, 0.05) is 17.5 Å². The number of amides is 1. The van der Waals surface area contributed by atoms with Crippen LogP contribution in [0.25, 0.3) is 6.08 Å². The van der Waals surface area contributed by atoms with Gasteiger partial charge in [0.2, 0.25) is 5.91 Å². The molecule has 0 fully saturated rings. The molecule has 0 bridgehead atoms. The lowest BCUT2D eigenvalue weighted by atomic mass is 10.2. The number of benzene rings is 2. The molecule has 2 aromatic carbocycles. The number of esters is 1. The van der Waals surface area contributed by atoms with E-state index in [0.29, 0.717) is 16.9 Å². The molecule has 0 saturated heterocycles. The number of nitrogens with two attached hydrogens (primary N) is 1. The number of hydrogen-bond acceptors (Lipinski definition) is 4. The molecule has 5 nitrogen and oxygen atoms in total. The van der Waals surface area contributed by atoms with Crippen molar-refractivity contribution in [2.24, 2.45) is 0 Å². The lowest BCUT2D eigenvalue weighted by Crippen LogP contribution is -2.09. The van der Waals surface area contributed by atoms with Crippen LogP contribution in [0.3, 0.4) is 0 Å². The molecule has 2 aromatic rings. The summed E-state index contributed by atoms with van der Waals surface area (Å²) in [7, 11) is 1.31. The molecular weight excluding hydrogens is 280 g/mol. The number of nitrogens with one attached hydrogen (secondary N) is 1. The number of ether oxygens (including phenoxy) is 1.